The number of aromatic nitrogens is 3. The zero-order valence-corrected chi connectivity index (χ0v) is 15.7. The SMILES string of the molecule is Cc1ccc2[nH]c(CN3CCN(c4ncccc4C(N)=O)CC3)nc2c1C. The number of nitrogens with one attached hydrogen (secondary N) is 1. The van der Waals surface area contributed by atoms with Gasteiger partial charge in [-0.2, -0.15) is 0 Å². The molecule has 2 aromatic heterocycles. The summed E-state index contributed by atoms with van der Waals surface area (Å²) >= 11 is 0. The van der Waals surface area contributed by atoms with Crippen LogP contribution in [0.25, 0.3) is 11.0 Å². The minimum atomic E-state index is -0.437. The molecule has 7 nitrogen and oxygen atoms in total. The number of pyridine rings is 1. The number of nitrogens with two attached hydrogens (primary N) is 1. The van der Waals surface area contributed by atoms with E-state index < -0.39 is 5.91 Å². The molecule has 0 bridgehead atoms. The van der Waals surface area contributed by atoms with Gasteiger partial charge in [-0.15, -0.1) is 0 Å². The highest BCUT2D eigenvalue weighted by Crippen LogP contribution is 2.21. The number of rotatable bonds is 4. The van der Waals surface area contributed by atoms with E-state index in [1.807, 2.05) is 0 Å². The van der Waals surface area contributed by atoms with Crippen LogP contribution < -0.4 is 10.6 Å². The number of nitrogens with zero attached hydrogens (tertiary/aromatic N) is 4. The Morgan fingerprint density at radius 3 is 2.70 bits per heavy atom. The second-order valence-electron chi connectivity index (χ2n) is 7.09. The fraction of sp³-hybridized carbons (Fsp3) is 0.350. The molecule has 1 aliphatic heterocycles. The molecule has 7 heteroatoms. The number of piperazine rings is 1. The number of carbonyl (C=O) groups is 1. The van der Waals surface area contributed by atoms with E-state index in [4.69, 9.17) is 10.7 Å². The molecule has 1 saturated heterocycles. The molecule has 1 amide bonds. The average molecular weight is 364 g/mol. The number of aromatic amines is 1. The Balaban J connectivity index is 1.44. The zero-order valence-electron chi connectivity index (χ0n) is 15.7. The van der Waals surface area contributed by atoms with Gasteiger partial charge in [-0.1, -0.05) is 6.07 Å². The normalized spacial score (nSPS) is 15.4. The van der Waals surface area contributed by atoms with Gasteiger partial charge in [0.25, 0.3) is 5.91 Å². The third-order valence-corrected chi connectivity index (χ3v) is 5.32. The van der Waals surface area contributed by atoms with E-state index in [-0.39, 0.29) is 0 Å². The summed E-state index contributed by atoms with van der Waals surface area (Å²) in [6.45, 7) is 8.37. The van der Waals surface area contributed by atoms with Gasteiger partial charge in [0, 0.05) is 32.4 Å². The third kappa shape index (κ3) is 3.38. The highest BCUT2D eigenvalue weighted by molar-refractivity contribution is 5.97. The summed E-state index contributed by atoms with van der Waals surface area (Å²) in [7, 11) is 0. The maximum absolute atomic E-state index is 11.6. The second kappa shape index (κ2) is 7.00. The number of primary amides is 1. The summed E-state index contributed by atoms with van der Waals surface area (Å²) in [4.78, 5) is 28.7. The van der Waals surface area contributed by atoms with E-state index in [2.05, 4.69) is 45.7 Å². The molecule has 0 atom stereocenters. The number of amides is 1. The van der Waals surface area contributed by atoms with Gasteiger partial charge < -0.3 is 15.6 Å². The van der Waals surface area contributed by atoms with Gasteiger partial charge in [0.05, 0.1) is 23.1 Å². The maximum Gasteiger partial charge on any atom is 0.252 e. The van der Waals surface area contributed by atoms with Crippen LogP contribution in [0.1, 0.15) is 27.3 Å². The maximum atomic E-state index is 11.6. The Kier molecular flexibility index (Phi) is 4.53. The summed E-state index contributed by atoms with van der Waals surface area (Å²) in [6, 6.07) is 7.70. The summed E-state index contributed by atoms with van der Waals surface area (Å²) in [5.41, 5.74) is 10.6. The molecule has 1 aromatic carbocycles. The largest absolute Gasteiger partial charge is 0.365 e. The average Bonchev–Trinajstić information content (AvgIpc) is 3.09. The number of carbonyl (C=O) groups excluding carboxylic acids is 1. The summed E-state index contributed by atoms with van der Waals surface area (Å²) in [5, 5.41) is 0. The minimum absolute atomic E-state index is 0.437. The fourth-order valence-corrected chi connectivity index (χ4v) is 3.61. The van der Waals surface area contributed by atoms with Gasteiger partial charge in [0.2, 0.25) is 0 Å². The molecule has 3 aromatic rings. The van der Waals surface area contributed by atoms with Crippen LogP contribution in [0.3, 0.4) is 0 Å². The molecule has 4 rings (SSSR count). The van der Waals surface area contributed by atoms with Crippen molar-refractivity contribution in [3.8, 4) is 0 Å². The first-order chi connectivity index (χ1) is 13.0. The van der Waals surface area contributed by atoms with E-state index in [1.165, 1.54) is 11.1 Å². The van der Waals surface area contributed by atoms with Crippen molar-refractivity contribution in [3.05, 3.63) is 53.0 Å². The minimum Gasteiger partial charge on any atom is -0.365 e. The number of hydrogen-bond acceptors (Lipinski definition) is 5. The number of aryl methyl sites for hydroxylation is 2. The van der Waals surface area contributed by atoms with E-state index >= 15 is 0 Å². The first-order valence-corrected chi connectivity index (χ1v) is 9.20. The van der Waals surface area contributed by atoms with E-state index in [0.29, 0.717) is 11.4 Å². The topological polar surface area (TPSA) is 91.1 Å². The quantitative estimate of drug-likeness (QED) is 0.739. The molecule has 0 aliphatic carbocycles. The smallest absolute Gasteiger partial charge is 0.252 e. The van der Waals surface area contributed by atoms with Crippen molar-refractivity contribution in [2.24, 2.45) is 5.73 Å². The number of H-pyrrole nitrogens is 1. The molecule has 27 heavy (non-hydrogen) atoms. The molecule has 3 N–H and O–H groups in total. The van der Waals surface area contributed by atoms with Crippen LogP contribution in [0.15, 0.2) is 30.5 Å². The Labute approximate surface area is 158 Å². The van der Waals surface area contributed by atoms with Crippen molar-refractivity contribution in [1.29, 1.82) is 0 Å². The Bertz CT molecular complexity index is 987. The third-order valence-electron chi connectivity index (χ3n) is 5.32. The summed E-state index contributed by atoms with van der Waals surface area (Å²) in [5.74, 6) is 1.23. The molecular weight excluding hydrogens is 340 g/mol. The van der Waals surface area contributed by atoms with Gasteiger partial charge in [0.1, 0.15) is 11.6 Å². The highest BCUT2D eigenvalue weighted by Gasteiger charge is 2.22. The molecule has 0 unspecified atom stereocenters. The van der Waals surface area contributed by atoms with Gasteiger partial charge >= 0.3 is 0 Å². The molecular formula is C20H24N6O. The van der Waals surface area contributed by atoms with Crippen LogP contribution in [0.4, 0.5) is 5.82 Å². The van der Waals surface area contributed by atoms with Crippen LogP contribution >= 0.6 is 0 Å². The molecule has 1 fully saturated rings. The lowest BCUT2D eigenvalue weighted by Crippen LogP contribution is -2.47. The van der Waals surface area contributed by atoms with Crippen molar-refractivity contribution in [2.45, 2.75) is 20.4 Å². The van der Waals surface area contributed by atoms with Gasteiger partial charge in [-0.3, -0.25) is 9.69 Å². The van der Waals surface area contributed by atoms with E-state index in [9.17, 15) is 4.79 Å². The van der Waals surface area contributed by atoms with E-state index in [0.717, 1.165) is 49.6 Å². The Morgan fingerprint density at radius 1 is 1.19 bits per heavy atom. The number of fused-ring (bicyclic) bond motifs is 1. The first kappa shape index (κ1) is 17.5. The van der Waals surface area contributed by atoms with Crippen molar-refractivity contribution < 1.29 is 4.79 Å². The lowest BCUT2D eigenvalue weighted by Gasteiger charge is -2.35. The Hall–Kier alpha value is -2.93. The molecule has 1 aliphatic rings. The van der Waals surface area contributed by atoms with Crippen LogP contribution in [-0.4, -0.2) is 51.9 Å². The van der Waals surface area contributed by atoms with Gasteiger partial charge in [0.15, 0.2) is 0 Å². The molecule has 0 saturated carbocycles. The van der Waals surface area contributed by atoms with Crippen LogP contribution in [-0.2, 0) is 6.54 Å². The zero-order chi connectivity index (χ0) is 19.0. The number of anilines is 1. The number of hydrogen-bond donors (Lipinski definition) is 2. The van der Waals surface area contributed by atoms with Crippen LogP contribution in [0.5, 0.6) is 0 Å². The summed E-state index contributed by atoms with van der Waals surface area (Å²) < 4.78 is 0. The van der Waals surface area contributed by atoms with Crippen LogP contribution in [0.2, 0.25) is 0 Å². The standard InChI is InChI=1S/C20H24N6O/c1-13-5-6-16-18(14(13)2)24-17(23-16)12-25-8-10-26(11-9-25)20-15(19(21)27)4-3-7-22-20/h3-7H,8-12H2,1-2H3,(H2,21,27)(H,23,24). The fourth-order valence-electron chi connectivity index (χ4n) is 3.61. The molecule has 3 heterocycles. The number of imidazole rings is 1. The van der Waals surface area contributed by atoms with Crippen molar-refractivity contribution in [2.75, 3.05) is 31.1 Å². The van der Waals surface area contributed by atoms with Crippen molar-refractivity contribution in [1.82, 2.24) is 19.9 Å². The molecule has 140 valence electrons. The summed E-state index contributed by atoms with van der Waals surface area (Å²) in [6.07, 6.45) is 1.70. The van der Waals surface area contributed by atoms with Crippen LogP contribution in [0, 0.1) is 13.8 Å². The predicted molar refractivity (Wildman–Crippen MR) is 106 cm³/mol. The predicted octanol–water partition coefficient (Wildman–Crippen LogP) is 2.00. The van der Waals surface area contributed by atoms with Crippen molar-refractivity contribution >= 4 is 22.8 Å². The molecule has 0 radical (unpaired) electrons. The highest BCUT2D eigenvalue weighted by atomic mass is 16.1. The first-order valence-electron chi connectivity index (χ1n) is 9.20. The second-order valence-corrected chi connectivity index (χ2v) is 7.09. The lowest BCUT2D eigenvalue weighted by molar-refractivity contribution is 0.1000. The lowest BCUT2D eigenvalue weighted by atomic mass is 10.1. The van der Waals surface area contributed by atoms with Crippen molar-refractivity contribution in [3.63, 3.8) is 0 Å². The Morgan fingerprint density at radius 2 is 1.96 bits per heavy atom. The molecule has 0 spiro atoms. The van der Waals surface area contributed by atoms with Gasteiger partial charge in [-0.05, 0) is 43.2 Å². The monoisotopic (exact) mass is 364 g/mol. The van der Waals surface area contributed by atoms with E-state index in [1.54, 1.807) is 18.3 Å². The number of benzene rings is 1. The van der Waals surface area contributed by atoms with Gasteiger partial charge in [-0.25, -0.2) is 9.97 Å².